The summed E-state index contributed by atoms with van der Waals surface area (Å²) in [4.78, 5) is 23.8. The fourth-order valence-corrected chi connectivity index (χ4v) is 7.45. The average molecular weight is 392 g/mol. The van der Waals surface area contributed by atoms with Gasteiger partial charge in [-0.25, -0.2) is 4.79 Å². The van der Waals surface area contributed by atoms with E-state index in [1.807, 2.05) is 6.92 Å². The van der Waals surface area contributed by atoms with Crippen LogP contribution in [0.1, 0.15) is 60.3 Å². The van der Waals surface area contributed by atoms with Crippen molar-refractivity contribution < 1.29 is 29.3 Å². The Morgan fingerprint density at radius 2 is 1.96 bits per heavy atom. The minimum absolute atomic E-state index is 0.0349. The Morgan fingerprint density at radius 3 is 2.61 bits per heavy atom. The van der Waals surface area contributed by atoms with Gasteiger partial charge in [-0.05, 0) is 41.4 Å². The molecule has 8 atom stereocenters. The Kier molecular flexibility index (Phi) is 4.30. The number of hydrogen-bond donors (Lipinski definition) is 2. The fourth-order valence-electron chi connectivity index (χ4n) is 7.45. The summed E-state index contributed by atoms with van der Waals surface area (Å²) in [7, 11) is 0. The quantitative estimate of drug-likeness (QED) is 0.666. The third kappa shape index (κ3) is 2.60. The molecule has 0 saturated heterocycles. The van der Waals surface area contributed by atoms with Gasteiger partial charge in [0.15, 0.2) is 0 Å². The van der Waals surface area contributed by atoms with E-state index >= 15 is 0 Å². The van der Waals surface area contributed by atoms with E-state index in [1.54, 1.807) is 0 Å². The van der Waals surface area contributed by atoms with E-state index in [-0.39, 0.29) is 46.9 Å². The van der Waals surface area contributed by atoms with E-state index in [0.29, 0.717) is 5.57 Å². The summed E-state index contributed by atoms with van der Waals surface area (Å²) < 4.78 is 11.1. The summed E-state index contributed by atoms with van der Waals surface area (Å²) in [5.41, 5.74) is 0.181. The highest BCUT2D eigenvalue weighted by Crippen LogP contribution is 2.67. The lowest BCUT2D eigenvalue weighted by molar-refractivity contribution is -0.265. The molecular formula is C22H32O6. The van der Waals surface area contributed by atoms with Crippen LogP contribution in [0.15, 0.2) is 11.6 Å². The molecule has 0 aromatic heterocycles. The van der Waals surface area contributed by atoms with Crippen LogP contribution < -0.4 is 0 Å². The summed E-state index contributed by atoms with van der Waals surface area (Å²) in [6.45, 7) is 9.89. The standard InChI is InChI=1S/C22H32O6/c1-11-13-9-15(24)28-22(13,26)10-14-16(11)17(25)18(27-12(2)23)19-20(3,4)7-6-8-21(14,19)5/h9,11,14,16-19,25-26H,6-8,10H2,1-5H3. The number of carbonyl (C=O) groups excluding carboxylic acids is 2. The largest absolute Gasteiger partial charge is 0.459 e. The van der Waals surface area contributed by atoms with Crippen molar-refractivity contribution in [1.29, 1.82) is 0 Å². The minimum Gasteiger partial charge on any atom is -0.459 e. The highest BCUT2D eigenvalue weighted by Gasteiger charge is 2.68. The van der Waals surface area contributed by atoms with Gasteiger partial charge in [-0.15, -0.1) is 0 Å². The van der Waals surface area contributed by atoms with Gasteiger partial charge < -0.3 is 19.7 Å². The first-order valence-electron chi connectivity index (χ1n) is 10.4. The third-order valence-electron chi connectivity index (χ3n) is 8.32. The van der Waals surface area contributed by atoms with E-state index in [0.717, 1.165) is 19.3 Å². The molecule has 3 fully saturated rings. The van der Waals surface area contributed by atoms with Crippen LogP contribution in [-0.2, 0) is 19.1 Å². The van der Waals surface area contributed by atoms with Crippen LogP contribution in [0.5, 0.6) is 0 Å². The Labute approximate surface area is 166 Å². The van der Waals surface area contributed by atoms with Crippen molar-refractivity contribution in [2.75, 3.05) is 0 Å². The van der Waals surface area contributed by atoms with Crippen LogP contribution in [0.2, 0.25) is 0 Å². The first kappa shape index (κ1) is 19.9. The lowest BCUT2D eigenvalue weighted by Gasteiger charge is -2.65. The van der Waals surface area contributed by atoms with Crippen LogP contribution in [0, 0.1) is 34.5 Å². The molecule has 0 bridgehead atoms. The van der Waals surface area contributed by atoms with Crippen molar-refractivity contribution >= 4 is 11.9 Å². The van der Waals surface area contributed by atoms with Crippen molar-refractivity contribution in [3.05, 3.63) is 11.6 Å². The molecule has 0 amide bonds. The number of carbonyl (C=O) groups is 2. The molecule has 3 aliphatic carbocycles. The van der Waals surface area contributed by atoms with Crippen molar-refractivity contribution in [2.24, 2.45) is 34.5 Å². The first-order chi connectivity index (χ1) is 12.9. The lowest BCUT2D eigenvalue weighted by atomic mass is 9.41. The molecule has 6 nitrogen and oxygen atoms in total. The highest BCUT2D eigenvalue weighted by molar-refractivity contribution is 5.86. The van der Waals surface area contributed by atoms with Gasteiger partial charge in [-0.2, -0.15) is 0 Å². The molecule has 6 heteroatoms. The van der Waals surface area contributed by atoms with Gasteiger partial charge in [-0.1, -0.05) is 34.1 Å². The predicted octanol–water partition coefficient (Wildman–Crippen LogP) is 2.57. The molecule has 0 aromatic carbocycles. The van der Waals surface area contributed by atoms with Crippen LogP contribution in [0.3, 0.4) is 0 Å². The molecule has 3 saturated carbocycles. The highest BCUT2D eigenvalue weighted by atomic mass is 16.7. The van der Waals surface area contributed by atoms with Gasteiger partial charge in [0.05, 0.1) is 6.10 Å². The molecule has 4 aliphatic rings. The molecule has 0 aromatic rings. The van der Waals surface area contributed by atoms with Crippen molar-refractivity contribution in [1.82, 2.24) is 0 Å². The molecule has 0 radical (unpaired) electrons. The fraction of sp³-hybridized carbons (Fsp3) is 0.818. The maximum atomic E-state index is 11.9. The van der Waals surface area contributed by atoms with Gasteiger partial charge >= 0.3 is 11.9 Å². The normalized spacial score (nSPS) is 49.2. The molecule has 8 unspecified atom stereocenters. The molecule has 156 valence electrons. The van der Waals surface area contributed by atoms with E-state index in [2.05, 4.69) is 20.8 Å². The van der Waals surface area contributed by atoms with Crippen LogP contribution in [-0.4, -0.2) is 40.1 Å². The minimum atomic E-state index is -1.58. The first-order valence-corrected chi connectivity index (χ1v) is 10.4. The van der Waals surface area contributed by atoms with Gasteiger partial charge in [0.25, 0.3) is 0 Å². The number of esters is 2. The molecule has 1 aliphatic heterocycles. The summed E-state index contributed by atoms with van der Waals surface area (Å²) in [6, 6.07) is 0. The molecule has 4 rings (SSSR count). The Bertz CT molecular complexity index is 741. The molecule has 2 N–H and O–H groups in total. The SMILES string of the molecule is CC(=O)OC1C(O)C2C(C)C3=CC(=O)OC3(O)CC2C2(C)CCCC(C)(C)C12. The molecule has 1 heterocycles. The molecule has 0 spiro atoms. The van der Waals surface area contributed by atoms with Gasteiger partial charge in [0.2, 0.25) is 5.79 Å². The Hall–Kier alpha value is -1.40. The predicted molar refractivity (Wildman–Crippen MR) is 101 cm³/mol. The number of aliphatic hydroxyl groups excluding tert-OH is 1. The topological polar surface area (TPSA) is 93.1 Å². The second-order valence-electron chi connectivity index (χ2n) is 10.4. The third-order valence-corrected chi connectivity index (χ3v) is 8.32. The van der Waals surface area contributed by atoms with Crippen molar-refractivity contribution in [3.63, 3.8) is 0 Å². The lowest BCUT2D eigenvalue weighted by Crippen LogP contribution is -2.67. The van der Waals surface area contributed by atoms with Crippen LogP contribution in [0.4, 0.5) is 0 Å². The van der Waals surface area contributed by atoms with E-state index in [1.165, 1.54) is 13.0 Å². The summed E-state index contributed by atoms with van der Waals surface area (Å²) in [6.07, 6.45) is 3.19. The second kappa shape index (κ2) is 6.05. The average Bonchev–Trinajstić information content (AvgIpc) is 2.85. The van der Waals surface area contributed by atoms with E-state index in [9.17, 15) is 19.8 Å². The number of aliphatic hydroxyl groups is 2. The smallest absolute Gasteiger partial charge is 0.333 e. The summed E-state index contributed by atoms with van der Waals surface area (Å²) in [5.74, 6) is -3.02. The zero-order valence-electron chi connectivity index (χ0n) is 17.4. The van der Waals surface area contributed by atoms with Gasteiger partial charge in [0, 0.05) is 30.9 Å². The second-order valence-corrected chi connectivity index (χ2v) is 10.4. The summed E-state index contributed by atoms with van der Waals surface area (Å²) in [5, 5.41) is 22.6. The van der Waals surface area contributed by atoms with Crippen molar-refractivity contribution in [2.45, 2.75) is 78.3 Å². The molecule has 28 heavy (non-hydrogen) atoms. The molecular weight excluding hydrogens is 360 g/mol. The van der Waals surface area contributed by atoms with Crippen LogP contribution >= 0.6 is 0 Å². The summed E-state index contributed by atoms with van der Waals surface area (Å²) >= 11 is 0. The van der Waals surface area contributed by atoms with Gasteiger partial charge in [0.1, 0.15) is 6.10 Å². The monoisotopic (exact) mass is 392 g/mol. The number of ether oxygens (including phenoxy) is 2. The van der Waals surface area contributed by atoms with E-state index < -0.39 is 24.0 Å². The number of hydrogen-bond acceptors (Lipinski definition) is 6. The maximum absolute atomic E-state index is 11.9. The van der Waals surface area contributed by atoms with E-state index in [4.69, 9.17) is 9.47 Å². The zero-order valence-corrected chi connectivity index (χ0v) is 17.4. The Morgan fingerprint density at radius 1 is 1.29 bits per heavy atom. The van der Waals surface area contributed by atoms with Gasteiger partial charge in [-0.3, -0.25) is 4.79 Å². The van der Waals surface area contributed by atoms with Crippen LogP contribution in [0.25, 0.3) is 0 Å². The van der Waals surface area contributed by atoms with Crippen molar-refractivity contribution in [3.8, 4) is 0 Å². The number of rotatable bonds is 1. The zero-order chi connectivity index (χ0) is 20.6. The number of fused-ring (bicyclic) bond motifs is 4. The Balaban J connectivity index is 1.84. The maximum Gasteiger partial charge on any atom is 0.333 e.